The van der Waals surface area contributed by atoms with Gasteiger partial charge in [-0.25, -0.2) is 4.79 Å². The molecule has 0 saturated heterocycles. The number of carboxylic acid groups (broad SMARTS) is 1. The highest BCUT2D eigenvalue weighted by atomic mass is 16.6. The average Bonchev–Trinajstić information content (AvgIpc) is 2.93. The van der Waals surface area contributed by atoms with Gasteiger partial charge in [-0.2, -0.15) is 0 Å². The number of carboxylic acids is 1. The Morgan fingerprint density at radius 1 is 0.909 bits per heavy atom. The van der Waals surface area contributed by atoms with Crippen molar-refractivity contribution in [2.45, 2.75) is 53.1 Å². The first-order valence-electron chi connectivity index (χ1n) is 13.6. The molecule has 2 aromatic carbocycles. The number of nitrogens with one attached hydrogen (secondary N) is 1. The number of ketones is 1. The summed E-state index contributed by atoms with van der Waals surface area (Å²) in [6, 6.07) is 10.2. The van der Waals surface area contributed by atoms with Gasteiger partial charge in [-0.15, -0.1) is 0 Å². The number of carbonyl (C=O) groups excluding carboxylic acids is 6. The van der Waals surface area contributed by atoms with Crippen molar-refractivity contribution in [2.24, 2.45) is 5.92 Å². The molecule has 0 aliphatic carbocycles. The molecule has 2 N–H and O–H groups in total. The van der Waals surface area contributed by atoms with E-state index in [4.69, 9.17) is 9.47 Å². The molecule has 0 aromatic heterocycles. The molecular formula is C31H33N3O10. The molecule has 1 heterocycles. The van der Waals surface area contributed by atoms with Gasteiger partial charge in [0, 0.05) is 39.0 Å². The summed E-state index contributed by atoms with van der Waals surface area (Å²) in [7, 11) is 0. The fraction of sp³-hybridized carbons (Fsp3) is 0.323. The molecule has 44 heavy (non-hydrogen) atoms. The number of hydrogen-bond acceptors (Lipinski definition) is 9. The van der Waals surface area contributed by atoms with Gasteiger partial charge in [0.15, 0.2) is 11.5 Å². The van der Waals surface area contributed by atoms with Crippen LogP contribution in [0.3, 0.4) is 0 Å². The van der Waals surface area contributed by atoms with Gasteiger partial charge in [-0.05, 0) is 29.7 Å². The van der Waals surface area contributed by atoms with E-state index >= 15 is 0 Å². The van der Waals surface area contributed by atoms with Crippen molar-refractivity contribution >= 4 is 47.1 Å². The van der Waals surface area contributed by atoms with E-state index in [1.54, 1.807) is 44.2 Å². The second kappa shape index (κ2) is 14.2. The Kier molecular flexibility index (Phi) is 10.7. The minimum atomic E-state index is -1.73. The summed E-state index contributed by atoms with van der Waals surface area (Å²) in [6.45, 7) is 6.38. The van der Waals surface area contributed by atoms with Crippen LogP contribution in [0.1, 0.15) is 45.7 Å². The molecular weight excluding hydrogens is 574 g/mol. The molecule has 13 nitrogen and oxygen atoms in total. The van der Waals surface area contributed by atoms with Crippen molar-refractivity contribution in [2.75, 3.05) is 6.54 Å². The van der Waals surface area contributed by atoms with Gasteiger partial charge in [0.2, 0.25) is 11.8 Å². The fourth-order valence-corrected chi connectivity index (χ4v) is 4.70. The van der Waals surface area contributed by atoms with Crippen LogP contribution < -0.4 is 14.8 Å². The molecule has 3 amide bonds. The normalized spacial score (nSPS) is 15.3. The lowest BCUT2D eigenvalue weighted by Gasteiger charge is -2.40. The van der Waals surface area contributed by atoms with Crippen LogP contribution in [0.25, 0.3) is 5.70 Å². The number of esters is 2. The van der Waals surface area contributed by atoms with Gasteiger partial charge >= 0.3 is 17.9 Å². The molecule has 0 saturated carbocycles. The number of nitrogens with zero attached hydrogens (tertiary/aromatic N) is 2. The molecule has 1 unspecified atom stereocenters. The Hall–Kier alpha value is -5.33. The van der Waals surface area contributed by atoms with Gasteiger partial charge in [-0.1, -0.05) is 44.2 Å². The molecule has 0 bridgehead atoms. The molecule has 13 heteroatoms. The number of carbonyl (C=O) groups is 7. The number of aliphatic carboxylic acids is 1. The number of hydrogen-bond donors (Lipinski definition) is 2. The highest BCUT2D eigenvalue weighted by Crippen LogP contribution is 2.35. The van der Waals surface area contributed by atoms with Crippen LogP contribution in [0, 0.1) is 5.92 Å². The lowest BCUT2D eigenvalue weighted by atomic mass is 9.96. The quantitative estimate of drug-likeness (QED) is 0.218. The van der Waals surface area contributed by atoms with E-state index in [1.807, 2.05) is 0 Å². The number of amides is 3. The van der Waals surface area contributed by atoms with Crippen LogP contribution >= 0.6 is 0 Å². The zero-order valence-corrected chi connectivity index (χ0v) is 24.9. The third-order valence-corrected chi connectivity index (χ3v) is 6.56. The topological polar surface area (TPSA) is 177 Å². The summed E-state index contributed by atoms with van der Waals surface area (Å²) < 4.78 is 10.3. The summed E-state index contributed by atoms with van der Waals surface area (Å²) >= 11 is 0. The van der Waals surface area contributed by atoms with Crippen LogP contribution in [-0.4, -0.2) is 74.9 Å². The predicted octanol–water partition coefficient (Wildman–Crippen LogP) is 1.93. The van der Waals surface area contributed by atoms with Crippen molar-refractivity contribution in [3.8, 4) is 11.5 Å². The summed E-state index contributed by atoms with van der Waals surface area (Å²) in [6.07, 6.45) is 1.27. The number of rotatable bonds is 11. The maximum atomic E-state index is 13.9. The number of Topliss-reactive ketones (excluding diaryl/α,β-unsaturated/α-hetero) is 1. The Morgan fingerprint density at radius 2 is 1.52 bits per heavy atom. The van der Waals surface area contributed by atoms with Crippen LogP contribution in [0.4, 0.5) is 0 Å². The molecule has 0 spiro atoms. The van der Waals surface area contributed by atoms with E-state index in [2.05, 4.69) is 5.32 Å². The first-order chi connectivity index (χ1) is 20.7. The van der Waals surface area contributed by atoms with Crippen molar-refractivity contribution in [1.29, 1.82) is 0 Å². The molecule has 3 rings (SSSR count). The maximum Gasteiger partial charge on any atom is 0.374 e. The first kappa shape index (κ1) is 33.2. The highest BCUT2D eigenvalue weighted by Gasteiger charge is 2.40. The minimum absolute atomic E-state index is 0.0594. The fourth-order valence-electron chi connectivity index (χ4n) is 4.70. The van der Waals surface area contributed by atoms with Crippen LogP contribution in [-0.2, 0) is 40.0 Å². The molecule has 232 valence electrons. The van der Waals surface area contributed by atoms with Crippen molar-refractivity contribution in [1.82, 2.24) is 15.1 Å². The second-order valence-corrected chi connectivity index (χ2v) is 10.4. The van der Waals surface area contributed by atoms with Crippen LogP contribution in [0.5, 0.6) is 11.5 Å². The van der Waals surface area contributed by atoms with Crippen molar-refractivity contribution in [3.63, 3.8) is 0 Å². The molecule has 1 aliphatic heterocycles. The number of ether oxygens (including phenoxy) is 2. The van der Waals surface area contributed by atoms with E-state index in [0.29, 0.717) is 5.56 Å². The molecule has 2 atom stereocenters. The molecule has 2 aromatic rings. The monoisotopic (exact) mass is 607 g/mol. The van der Waals surface area contributed by atoms with E-state index in [1.165, 1.54) is 36.2 Å². The van der Waals surface area contributed by atoms with E-state index < -0.39 is 60.0 Å². The third kappa shape index (κ3) is 8.15. The Morgan fingerprint density at radius 3 is 2.07 bits per heavy atom. The Labute approximate surface area is 253 Å². The van der Waals surface area contributed by atoms with Gasteiger partial charge < -0.3 is 24.8 Å². The average molecular weight is 608 g/mol. The predicted molar refractivity (Wildman–Crippen MR) is 155 cm³/mol. The van der Waals surface area contributed by atoms with E-state index in [9.17, 15) is 38.7 Å². The first-order valence-corrected chi connectivity index (χ1v) is 13.6. The van der Waals surface area contributed by atoms with Gasteiger partial charge in [0.1, 0.15) is 18.6 Å². The van der Waals surface area contributed by atoms with Crippen molar-refractivity contribution in [3.05, 3.63) is 65.9 Å². The maximum absolute atomic E-state index is 13.9. The largest absolute Gasteiger partial charge is 0.475 e. The standard InChI is InChI=1S/C31H33N3O10/c1-17(2)28-30(40)34(16-27(38)32-23(29(39)31(41)42)13-21-9-7-6-8-10-21)24(15-33(28)18(3)35)22-11-12-25(43-19(4)36)26(14-22)44-20(5)37/h6-12,14-15,17,23,28H,13,16H2,1-5H3,(H,32,38)(H,41,42)/t23-,28?/m0/s1. The molecule has 1 aliphatic rings. The minimum Gasteiger partial charge on any atom is -0.475 e. The molecule has 0 fully saturated rings. The lowest BCUT2D eigenvalue weighted by Crippen LogP contribution is -2.56. The zero-order chi connectivity index (χ0) is 32.7. The third-order valence-electron chi connectivity index (χ3n) is 6.56. The van der Waals surface area contributed by atoms with Gasteiger partial charge in [0.25, 0.3) is 11.7 Å². The second-order valence-electron chi connectivity index (χ2n) is 10.4. The van der Waals surface area contributed by atoms with Crippen LogP contribution in [0.2, 0.25) is 0 Å². The molecule has 0 radical (unpaired) electrons. The smallest absolute Gasteiger partial charge is 0.374 e. The van der Waals surface area contributed by atoms with Crippen LogP contribution in [0.15, 0.2) is 54.7 Å². The SMILES string of the molecule is CC(=O)Oc1ccc(C2=CN(C(C)=O)C(C(C)C)C(=O)N2CC(=O)N[C@@H](Cc2ccccc2)C(=O)C(=O)O)cc1OC(C)=O. The number of benzene rings is 2. The van der Waals surface area contributed by atoms with Gasteiger partial charge in [-0.3, -0.25) is 33.7 Å². The summed E-state index contributed by atoms with van der Waals surface area (Å²) in [4.78, 5) is 89.6. The lowest BCUT2D eigenvalue weighted by molar-refractivity contribution is -0.150. The van der Waals surface area contributed by atoms with E-state index in [-0.39, 0.29) is 35.1 Å². The summed E-state index contributed by atoms with van der Waals surface area (Å²) in [5, 5.41) is 11.8. The Bertz CT molecular complexity index is 1520. The Balaban J connectivity index is 2.06. The summed E-state index contributed by atoms with van der Waals surface area (Å²) in [5.74, 6) is -6.90. The van der Waals surface area contributed by atoms with Crippen molar-refractivity contribution < 1.29 is 48.1 Å². The van der Waals surface area contributed by atoms with E-state index in [0.717, 1.165) is 18.7 Å². The zero-order valence-electron chi connectivity index (χ0n) is 24.9. The van der Waals surface area contributed by atoms with Gasteiger partial charge in [0.05, 0.1) is 5.70 Å². The summed E-state index contributed by atoms with van der Waals surface area (Å²) in [5.41, 5.74) is 0.878. The highest BCUT2D eigenvalue weighted by molar-refractivity contribution is 6.35.